The van der Waals surface area contributed by atoms with E-state index in [-0.39, 0.29) is 28.7 Å². The number of hydrogen-bond acceptors (Lipinski definition) is 7. The molecule has 0 bridgehead atoms. The predicted molar refractivity (Wildman–Crippen MR) is 110 cm³/mol. The van der Waals surface area contributed by atoms with Crippen LogP contribution in [0.25, 0.3) is 0 Å². The second-order valence-corrected chi connectivity index (χ2v) is 10.5. The zero-order chi connectivity index (χ0) is 21.2. The van der Waals surface area contributed by atoms with Crippen LogP contribution in [0.5, 0.6) is 0 Å². The summed E-state index contributed by atoms with van der Waals surface area (Å²) in [7, 11) is 1.65. The van der Waals surface area contributed by atoms with E-state index in [9.17, 15) is 15.2 Å². The minimum absolute atomic E-state index is 0.0350. The largest absolute Gasteiger partial charge is 0.378 e. The minimum atomic E-state index is -1.64. The maximum Gasteiger partial charge on any atom is 0.250 e. The van der Waals surface area contributed by atoms with Crippen LogP contribution in [-0.4, -0.2) is 58.7 Å². The van der Waals surface area contributed by atoms with Gasteiger partial charge in [-0.05, 0) is 37.7 Å². The van der Waals surface area contributed by atoms with E-state index in [0.29, 0.717) is 28.6 Å². The number of carbonyl (C=O) groups excluding carboxylic acids is 1. The van der Waals surface area contributed by atoms with Gasteiger partial charge < -0.3 is 15.6 Å². The van der Waals surface area contributed by atoms with E-state index in [2.05, 4.69) is 9.30 Å². The lowest BCUT2D eigenvalue weighted by molar-refractivity contribution is 0.0842. The van der Waals surface area contributed by atoms with Crippen LogP contribution in [0, 0.1) is 23.1 Å². The van der Waals surface area contributed by atoms with E-state index in [1.165, 1.54) is 6.07 Å². The number of Topliss-reactive ketones (excluding diaryl/α,β-unsaturated/α-hetero) is 1. The zero-order valence-corrected chi connectivity index (χ0v) is 17.5. The summed E-state index contributed by atoms with van der Waals surface area (Å²) in [5.74, 6) is -0.901. The van der Waals surface area contributed by atoms with Gasteiger partial charge in [-0.3, -0.25) is 4.79 Å². The van der Waals surface area contributed by atoms with Crippen LogP contribution in [0.2, 0.25) is 0 Å². The highest BCUT2D eigenvalue weighted by atomic mass is 32.2. The average Bonchev–Trinajstić information content (AvgIpc) is 3.51. The van der Waals surface area contributed by atoms with Gasteiger partial charge in [0, 0.05) is 25.3 Å². The number of hydrogen-bond donors (Lipinski definition) is 2. The summed E-state index contributed by atoms with van der Waals surface area (Å²) in [5, 5.41) is 19.5. The summed E-state index contributed by atoms with van der Waals surface area (Å²) in [4.78, 5) is 17.6. The van der Waals surface area contributed by atoms with Gasteiger partial charge in [0.2, 0.25) is 4.90 Å². The van der Waals surface area contributed by atoms with Crippen LogP contribution in [0.15, 0.2) is 16.0 Å². The molecule has 5 atom stereocenters. The highest BCUT2D eigenvalue weighted by Gasteiger charge is 2.61. The molecule has 4 aliphatic rings. The fourth-order valence-corrected chi connectivity index (χ4v) is 7.98. The molecule has 0 amide bonds. The first-order chi connectivity index (χ1) is 14.5. The molecule has 0 spiro atoms. The third-order valence-electron chi connectivity index (χ3n) is 6.48. The Morgan fingerprint density at radius 1 is 1.43 bits per heavy atom. The number of rotatable bonds is 3. The minimum Gasteiger partial charge on any atom is -0.378 e. The van der Waals surface area contributed by atoms with Crippen LogP contribution in [0.4, 0.5) is 10.1 Å². The van der Waals surface area contributed by atoms with Gasteiger partial charge in [0.15, 0.2) is 23.4 Å². The number of methoxy groups -OCH3 is 1. The molecule has 7 nitrogen and oxygen atoms in total. The van der Waals surface area contributed by atoms with Crippen molar-refractivity contribution < 1.29 is 19.0 Å². The fourth-order valence-electron chi connectivity index (χ4n) is 4.98. The summed E-state index contributed by atoms with van der Waals surface area (Å²) in [5.41, 5.74) is 6.82. The number of aliphatic hydroxyl groups excluding tert-OH is 1. The van der Waals surface area contributed by atoms with Gasteiger partial charge in [-0.2, -0.15) is 5.26 Å². The first-order valence-corrected chi connectivity index (χ1v) is 11.5. The number of nitrogens with zero attached hydrogens (tertiary/aromatic N) is 3. The van der Waals surface area contributed by atoms with Gasteiger partial charge in [0.1, 0.15) is 17.2 Å². The monoisotopic (exact) mass is 431 g/mol. The molecule has 3 aliphatic heterocycles. The molecule has 3 N–H and O–H groups in total. The summed E-state index contributed by atoms with van der Waals surface area (Å²) in [6.45, 7) is 1.48. The number of ketones is 1. The topological polar surface area (TPSA) is 112 Å². The molecule has 3 heterocycles. The van der Waals surface area contributed by atoms with E-state index in [0.717, 1.165) is 32.2 Å². The predicted octanol–water partition coefficient (Wildman–Crippen LogP) is 1.77. The van der Waals surface area contributed by atoms with Gasteiger partial charge >= 0.3 is 0 Å². The van der Waals surface area contributed by atoms with Crippen molar-refractivity contribution in [1.29, 1.82) is 5.26 Å². The highest BCUT2D eigenvalue weighted by molar-refractivity contribution is 7.95. The normalized spacial score (nSPS) is 33.6. The molecule has 30 heavy (non-hydrogen) atoms. The van der Waals surface area contributed by atoms with E-state index in [4.69, 9.17) is 10.5 Å². The number of piperidine rings is 1. The summed E-state index contributed by atoms with van der Waals surface area (Å²) in [6, 6.07) is 3.04. The lowest BCUT2D eigenvalue weighted by atomic mass is 9.87. The number of nitrogens with two attached hydrogens (primary N) is 1. The van der Waals surface area contributed by atoms with Gasteiger partial charge in [-0.25, -0.2) is 9.38 Å². The summed E-state index contributed by atoms with van der Waals surface area (Å²) in [6.07, 6.45) is 2.27. The van der Waals surface area contributed by atoms with Gasteiger partial charge in [-0.15, -0.1) is 4.31 Å². The number of ether oxygens (including phenoxy) is 1. The SMILES string of the molecule is COC1C(C2CC2)c2c3c(cc(F)c2[S+]1N1CCCC(N)C1)C(=O)[C@@H](O)C(C#N)=N3. The lowest BCUT2D eigenvalue weighted by Crippen LogP contribution is -2.48. The van der Waals surface area contributed by atoms with Crippen molar-refractivity contribution in [2.45, 2.75) is 54.1 Å². The second kappa shape index (κ2) is 7.39. The molecule has 1 saturated carbocycles. The highest BCUT2D eigenvalue weighted by Crippen LogP contribution is 2.58. The molecule has 9 heteroatoms. The van der Waals surface area contributed by atoms with Crippen LogP contribution in [-0.2, 0) is 15.8 Å². The Bertz CT molecular complexity index is 989. The maximum absolute atomic E-state index is 15.6. The Hall–Kier alpha value is -1.83. The van der Waals surface area contributed by atoms with Gasteiger partial charge in [0.05, 0.1) is 23.7 Å². The van der Waals surface area contributed by atoms with Gasteiger partial charge in [-0.1, -0.05) is 0 Å². The van der Waals surface area contributed by atoms with Crippen molar-refractivity contribution in [2.75, 3.05) is 20.2 Å². The molecule has 1 saturated heterocycles. The van der Waals surface area contributed by atoms with Crippen molar-refractivity contribution in [3.05, 3.63) is 23.0 Å². The molecule has 1 aliphatic carbocycles. The Morgan fingerprint density at radius 2 is 2.20 bits per heavy atom. The van der Waals surface area contributed by atoms with E-state index in [1.807, 2.05) is 6.07 Å². The van der Waals surface area contributed by atoms with Gasteiger partial charge in [0.25, 0.3) is 5.44 Å². The number of nitriles is 1. The molecule has 1 aromatic rings. The Morgan fingerprint density at radius 3 is 2.83 bits per heavy atom. The Labute approximate surface area is 177 Å². The van der Waals surface area contributed by atoms with Crippen molar-refractivity contribution in [3.63, 3.8) is 0 Å². The average molecular weight is 432 g/mol. The van der Waals surface area contributed by atoms with Crippen molar-refractivity contribution in [1.82, 2.24) is 4.31 Å². The third kappa shape index (κ3) is 2.93. The van der Waals surface area contributed by atoms with E-state index in [1.54, 1.807) is 7.11 Å². The molecule has 2 fully saturated rings. The number of aliphatic hydroxyl groups is 1. The molecular weight excluding hydrogens is 407 g/mol. The van der Waals surface area contributed by atoms with Crippen LogP contribution in [0.1, 0.15) is 47.5 Å². The van der Waals surface area contributed by atoms with Crippen LogP contribution >= 0.6 is 0 Å². The number of halogens is 1. The van der Waals surface area contributed by atoms with E-state index < -0.39 is 28.8 Å². The summed E-state index contributed by atoms with van der Waals surface area (Å²) >= 11 is -0.670. The molecular formula is C21H24FN4O3S+. The molecule has 5 rings (SSSR count). The number of aliphatic imine (C=N–C) groups is 1. The zero-order valence-electron chi connectivity index (χ0n) is 16.7. The molecule has 158 valence electrons. The van der Waals surface area contributed by atoms with Crippen molar-refractivity contribution in [3.8, 4) is 6.07 Å². The van der Waals surface area contributed by atoms with Crippen LogP contribution in [0.3, 0.4) is 0 Å². The van der Waals surface area contributed by atoms with Crippen molar-refractivity contribution in [2.24, 2.45) is 16.6 Å². The fraction of sp³-hybridized carbons (Fsp3) is 0.571. The Balaban J connectivity index is 1.73. The molecule has 4 unspecified atom stereocenters. The molecule has 0 aromatic heterocycles. The van der Waals surface area contributed by atoms with Crippen LogP contribution < -0.4 is 5.73 Å². The second-order valence-electron chi connectivity index (χ2n) is 8.45. The quantitative estimate of drug-likeness (QED) is 0.706. The number of benzene rings is 1. The standard InChI is InChI=1S/C21H24FN4O3S/c1-29-21-15(10-4-5-10)16-17-12(18(27)19(28)14(8-23)25-17)7-13(22)20(16)30(21)26-6-2-3-11(24)9-26/h7,10-11,15,19,21,28H,2-6,9,24H2,1H3/q+1/t11?,15?,19-,21?,30?/m0/s1. The summed E-state index contributed by atoms with van der Waals surface area (Å²) < 4.78 is 23.8. The first kappa shape index (κ1) is 20.1. The number of carbonyl (C=O) groups is 1. The smallest absolute Gasteiger partial charge is 0.250 e. The first-order valence-electron chi connectivity index (χ1n) is 10.3. The van der Waals surface area contributed by atoms with E-state index >= 15 is 4.39 Å². The maximum atomic E-state index is 15.6. The number of fused-ring (bicyclic) bond motifs is 3. The lowest BCUT2D eigenvalue weighted by Gasteiger charge is -2.30. The molecule has 1 aromatic carbocycles. The Kier molecular flexibility index (Phi) is 4.95. The van der Waals surface area contributed by atoms with Crippen molar-refractivity contribution >= 4 is 28.3 Å². The molecule has 0 radical (unpaired) electrons. The third-order valence-corrected chi connectivity index (χ3v) is 9.13.